The average molecular weight is 308 g/mol. The minimum atomic E-state index is -5.12. The van der Waals surface area contributed by atoms with Gasteiger partial charge in [0.15, 0.2) is 9.84 Å². The molecule has 0 aromatic carbocycles. The second-order valence-corrected chi connectivity index (χ2v) is 6.46. The van der Waals surface area contributed by atoms with Crippen LogP contribution in [0.25, 0.3) is 0 Å². The fourth-order valence-electron chi connectivity index (χ4n) is 1.06. The quantitative estimate of drug-likeness (QED) is 0.533. The Morgan fingerprint density at radius 2 is 1.68 bits per heavy atom. The highest BCUT2D eigenvalue weighted by Gasteiger charge is 2.52. The third-order valence-corrected chi connectivity index (χ3v) is 4.05. The monoisotopic (exact) mass is 308 g/mol. The van der Waals surface area contributed by atoms with Crippen LogP contribution in [0.2, 0.25) is 0 Å². The third kappa shape index (κ3) is 6.74. The molecule has 4 nitrogen and oxygen atoms in total. The maximum absolute atomic E-state index is 13.2. The maximum Gasteiger partial charge on any atom is 0.422 e. The largest absolute Gasteiger partial charge is 0.466 e. The molecule has 0 saturated heterocycles. The fourth-order valence-corrected chi connectivity index (χ4v) is 2.44. The van der Waals surface area contributed by atoms with Crippen LogP contribution >= 0.6 is 0 Å². The Hall–Kier alpha value is -0.860. The van der Waals surface area contributed by atoms with Crippen LogP contribution in [-0.4, -0.2) is 44.3 Å². The highest BCUT2D eigenvalue weighted by molar-refractivity contribution is 7.91. The standard InChI is InChI=1S/C10H16F4O4S/c1-3-18-8(15)4-6-19(16,17)7-5-9(2,11)10(12,13)14/h3-7H2,1-2H3. The summed E-state index contributed by atoms with van der Waals surface area (Å²) in [5, 5.41) is 0. The molecule has 0 aliphatic rings. The van der Waals surface area contributed by atoms with Crippen molar-refractivity contribution in [2.45, 2.75) is 38.5 Å². The van der Waals surface area contributed by atoms with Crippen LogP contribution in [0.5, 0.6) is 0 Å². The van der Waals surface area contributed by atoms with E-state index >= 15 is 0 Å². The normalized spacial score (nSPS) is 15.9. The summed E-state index contributed by atoms with van der Waals surface area (Å²) in [6.45, 7) is 1.90. The van der Waals surface area contributed by atoms with Gasteiger partial charge in [0.25, 0.3) is 0 Å². The summed E-state index contributed by atoms with van der Waals surface area (Å²) in [5.41, 5.74) is -3.57. The predicted octanol–water partition coefficient (Wildman–Crippen LogP) is 2.04. The second kappa shape index (κ2) is 6.53. The molecule has 0 aliphatic heterocycles. The lowest BCUT2D eigenvalue weighted by atomic mass is 10.1. The summed E-state index contributed by atoms with van der Waals surface area (Å²) < 4.78 is 76.9. The van der Waals surface area contributed by atoms with E-state index in [1.54, 1.807) is 0 Å². The number of alkyl halides is 4. The van der Waals surface area contributed by atoms with E-state index in [2.05, 4.69) is 4.74 Å². The summed E-state index contributed by atoms with van der Waals surface area (Å²) in [6.07, 6.45) is -6.77. The summed E-state index contributed by atoms with van der Waals surface area (Å²) >= 11 is 0. The number of sulfone groups is 1. The van der Waals surface area contributed by atoms with Crippen LogP contribution in [0.3, 0.4) is 0 Å². The van der Waals surface area contributed by atoms with Crippen molar-refractivity contribution in [3.05, 3.63) is 0 Å². The van der Waals surface area contributed by atoms with Gasteiger partial charge in [0.2, 0.25) is 5.67 Å². The van der Waals surface area contributed by atoms with Gasteiger partial charge < -0.3 is 4.74 Å². The number of ether oxygens (including phenoxy) is 1. The zero-order chi connectivity index (χ0) is 15.3. The van der Waals surface area contributed by atoms with Gasteiger partial charge in [-0.2, -0.15) is 13.2 Å². The molecule has 9 heteroatoms. The number of rotatable bonds is 7. The predicted molar refractivity (Wildman–Crippen MR) is 60.1 cm³/mol. The lowest BCUT2D eigenvalue weighted by molar-refractivity contribution is -0.224. The Kier molecular flexibility index (Phi) is 6.24. The first-order valence-corrected chi connectivity index (χ1v) is 7.35. The minimum Gasteiger partial charge on any atom is -0.466 e. The SMILES string of the molecule is CCOC(=O)CCS(=O)(=O)CCC(C)(F)C(F)(F)F. The van der Waals surface area contributed by atoms with Crippen LogP contribution in [0.1, 0.15) is 26.7 Å². The summed E-state index contributed by atoms with van der Waals surface area (Å²) in [5.74, 6) is -2.39. The molecule has 0 aliphatic carbocycles. The molecule has 0 N–H and O–H groups in total. The molecule has 0 radical (unpaired) electrons. The molecular weight excluding hydrogens is 292 g/mol. The molecule has 1 atom stereocenters. The molecule has 0 spiro atoms. The molecule has 0 bridgehead atoms. The zero-order valence-electron chi connectivity index (χ0n) is 10.6. The Morgan fingerprint density at radius 1 is 1.16 bits per heavy atom. The Morgan fingerprint density at radius 3 is 2.11 bits per heavy atom. The van der Waals surface area contributed by atoms with Gasteiger partial charge >= 0.3 is 12.1 Å². The lowest BCUT2D eigenvalue weighted by Crippen LogP contribution is -2.39. The summed E-state index contributed by atoms with van der Waals surface area (Å²) in [4.78, 5) is 10.9. The number of halogens is 4. The molecule has 0 aromatic rings. The van der Waals surface area contributed by atoms with Crippen LogP contribution < -0.4 is 0 Å². The summed E-state index contributed by atoms with van der Waals surface area (Å²) in [6, 6.07) is 0. The van der Waals surface area contributed by atoms with Crippen molar-refractivity contribution in [3.8, 4) is 0 Å². The Labute approximate surface area is 109 Å². The van der Waals surface area contributed by atoms with Crippen molar-refractivity contribution in [2.24, 2.45) is 0 Å². The highest BCUT2D eigenvalue weighted by atomic mass is 32.2. The number of hydrogen-bond donors (Lipinski definition) is 0. The maximum atomic E-state index is 13.2. The third-order valence-electron chi connectivity index (χ3n) is 2.40. The highest BCUT2D eigenvalue weighted by Crippen LogP contribution is 2.36. The summed E-state index contributed by atoms with van der Waals surface area (Å²) in [7, 11) is -3.93. The van der Waals surface area contributed by atoms with Gasteiger partial charge in [0, 0.05) is 6.42 Å². The van der Waals surface area contributed by atoms with Crippen molar-refractivity contribution >= 4 is 15.8 Å². The first kappa shape index (κ1) is 18.1. The first-order chi connectivity index (χ1) is 8.41. The molecule has 19 heavy (non-hydrogen) atoms. The van der Waals surface area contributed by atoms with Gasteiger partial charge in [-0.1, -0.05) is 0 Å². The van der Waals surface area contributed by atoms with Crippen molar-refractivity contribution in [2.75, 3.05) is 18.1 Å². The van der Waals surface area contributed by atoms with E-state index in [0.29, 0.717) is 0 Å². The van der Waals surface area contributed by atoms with Crippen molar-refractivity contribution in [1.82, 2.24) is 0 Å². The van der Waals surface area contributed by atoms with Gasteiger partial charge in [-0.25, -0.2) is 12.8 Å². The Balaban J connectivity index is 4.37. The molecule has 0 fully saturated rings. The number of hydrogen-bond acceptors (Lipinski definition) is 4. The van der Waals surface area contributed by atoms with E-state index in [1.165, 1.54) is 6.92 Å². The smallest absolute Gasteiger partial charge is 0.422 e. The van der Waals surface area contributed by atoms with Crippen molar-refractivity contribution < 1.29 is 35.5 Å². The number of carbonyl (C=O) groups excluding carboxylic acids is 1. The number of carbonyl (C=O) groups is 1. The molecule has 0 rings (SSSR count). The van der Waals surface area contributed by atoms with Crippen molar-refractivity contribution in [3.63, 3.8) is 0 Å². The molecule has 1 unspecified atom stereocenters. The molecule has 0 amide bonds. The first-order valence-electron chi connectivity index (χ1n) is 5.53. The van der Waals surface area contributed by atoms with Crippen LogP contribution in [0.15, 0.2) is 0 Å². The van der Waals surface area contributed by atoms with Gasteiger partial charge in [-0.3, -0.25) is 4.79 Å². The molecule has 0 heterocycles. The van der Waals surface area contributed by atoms with E-state index in [9.17, 15) is 30.8 Å². The number of esters is 1. The van der Waals surface area contributed by atoms with Gasteiger partial charge in [-0.15, -0.1) is 0 Å². The van der Waals surface area contributed by atoms with Crippen LogP contribution in [0, 0.1) is 0 Å². The van der Waals surface area contributed by atoms with Gasteiger partial charge in [0.05, 0.1) is 24.5 Å². The molecule has 0 saturated carbocycles. The topological polar surface area (TPSA) is 60.4 Å². The van der Waals surface area contributed by atoms with Crippen LogP contribution in [-0.2, 0) is 19.4 Å². The van der Waals surface area contributed by atoms with E-state index in [0.717, 1.165) is 0 Å². The Bertz CT molecular complexity index is 400. The van der Waals surface area contributed by atoms with E-state index in [4.69, 9.17) is 0 Å². The van der Waals surface area contributed by atoms with E-state index in [-0.39, 0.29) is 13.5 Å². The second-order valence-electron chi connectivity index (χ2n) is 4.15. The van der Waals surface area contributed by atoms with Gasteiger partial charge in [0.1, 0.15) is 0 Å². The van der Waals surface area contributed by atoms with Gasteiger partial charge in [-0.05, 0) is 13.8 Å². The van der Waals surface area contributed by atoms with Crippen molar-refractivity contribution in [1.29, 1.82) is 0 Å². The molecular formula is C10H16F4O4S. The average Bonchev–Trinajstić information content (AvgIpc) is 2.23. The molecule has 114 valence electrons. The van der Waals surface area contributed by atoms with E-state index < -0.39 is 52.0 Å². The van der Waals surface area contributed by atoms with Crippen LogP contribution in [0.4, 0.5) is 17.6 Å². The lowest BCUT2D eigenvalue weighted by Gasteiger charge is -2.23. The minimum absolute atomic E-state index is 0.0789. The molecule has 0 aromatic heterocycles. The van der Waals surface area contributed by atoms with E-state index in [1.807, 2.05) is 0 Å². The zero-order valence-corrected chi connectivity index (χ0v) is 11.4. The fraction of sp³-hybridized carbons (Fsp3) is 0.900.